The van der Waals surface area contributed by atoms with Gasteiger partial charge in [0, 0.05) is 0 Å². The van der Waals surface area contributed by atoms with Gasteiger partial charge in [0.1, 0.15) is 0 Å². The van der Waals surface area contributed by atoms with Crippen molar-refractivity contribution in [3.63, 3.8) is 0 Å². The predicted octanol–water partition coefficient (Wildman–Crippen LogP) is 0.888. The van der Waals surface area contributed by atoms with Gasteiger partial charge in [-0.1, -0.05) is 33.1 Å². The summed E-state index contributed by atoms with van der Waals surface area (Å²) in [5.41, 5.74) is 5.75. The molecule has 1 amide bonds. The maximum absolute atomic E-state index is 11.5. The van der Waals surface area contributed by atoms with E-state index >= 15 is 0 Å². The van der Waals surface area contributed by atoms with Crippen LogP contribution in [0.15, 0.2) is 0 Å². The fourth-order valence-electron chi connectivity index (χ4n) is 1.04. The monoisotopic (exact) mass is 196 g/mol. The second kappa shape index (κ2) is 6.44. The van der Waals surface area contributed by atoms with Crippen molar-refractivity contribution in [2.24, 2.45) is 11.7 Å². The SMILES string of the molecule is C#CC(CC)NC(=O)[C@@H](N)[C@@H](C)CC. The van der Waals surface area contributed by atoms with E-state index in [1.54, 1.807) is 0 Å². The molecule has 0 fully saturated rings. The molecule has 3 heteroatoms. The highest BCUT2D eigenvalue weighted by Crippen LogP contribution is 2.05. The van der Waals surface area contributed by atoms with Gasteiger partial charge in [0.2, 0.25) is 5.91 Å². The van der Waals surface area contributed by atoms with Crippen LogP contribution in [0, 0.1) is 18.3 Å². The molecule has 0 saturated heterocycles. The molecular formula is C11H20N2O. The second-order valence-electron chi connectivity index (χ2n) is 3.55. The summed E-state index contributed by atoms with van der Waals surface area (Å²) in [6.45, 7) is 5.90. The molecule has 0 aromatic carbocycles. The van der Waals surface area contributed by atoms with Crippen LogP contribution < -0.4 is 11.1 Å². The van der Waals surface area contributed by atoms with Crippen molar-refractivity contribution in [3.8, 4) is 12.3 Å². The molecular weight excluding hydrogens is 176 g/mol. The maximum Gasteiger partial charge on any atom is 0.238 e. The van der Waals surface area contributed by atoms with Gasteiger partial charge in [0.15, 0.2) is 0 Å². The Bertz CT molecular complexity index is 220. The van der Waals surface area contributed by atoms with E-state index in [0.29, 0.717) is 0 Å². The predicted molar refractivity (Wildman–Crippen MR) is 58.5 cm³/mol. The topological polar surface area (TPSA) is 55.1 Å². The van der Waals surface area contributed by atoms with E-state index in [2.05, 4.69) is 11.2 Å². The summed E-state index contributed by atoms with van der Waals surface area (Å²) < 4.78 is 0. The van der Waals surface area contributed by atoms with Gasteiger partial charge >= 0.3 is 0 Å². The lowest BCUT2D eigenvalue weighted by molar-refractivity contribution is -0.123. The number of carbonyl (C=O) groups is 1. The molecule has 0 saturated carbocycles. The Morgan fingerprint density at radius 2 is 2.07 bits per heavy atom. The van der Waals surface area contributed by atoms with E-state index in [9.17, 15) is 4.79 Å². The first-order valence-electron chi connectivity index (χ1n) is 5.08. The van der Waals surface area contributed by atoms with Gasteiger partial charge in [-0.3, -0.25) is 4.79 Å². The zero-order valence-corrected chi connectivity index (χ0v) is 9.21. The molecule has 14 heavy (non-hydrogen) atoms. The number of amides is 1. The van der Waals surface area contributed by atoms with Crippen LogP contribution >= 0.6 is 0 Å². The van der Waals surface area contributed by atoms with Crippen molar-refractivity contribution in [2.75, 3.05) is 0 Å². The van der Waals surface area contributed by atoms with Crippen molar-refractivity contribution in [1.29, 1.82) is 0 Å². The lowest BCUT2D eigenvalue weighted by atomic mass is 9.99. The van der Waals surface area contributed by atoms with Crippen molar-refractivity contribution in [2.45, 2.75) is 45.7 Å². The molecule has 0 aliphatic heterocycles. The number of carbonyl (C=O) groups excluding carboxylic acids is 1. The highest BCUT2D eigenvalue weighted by atomic mass is 16.2. The fraction of sp³-hybridized carbons (Fsp3) is 0.727. The number of rotatable bonds is 5. The first kappa shape index (κ1) is 13.0. The quantitative estimate of drug-likeness (QED) is 0.642. The normalized spacial score (nSPS) is 16.5. The van der Waals surface area contributed by atoms with E-state index in [1.165, 1.54) is 0 Å². The Morgan fingerprint density at radius 1 is 1.50 bits per heavy atom. The summed E-state index contributed by atoms with van der Waals surface area (Å²) in [4.78, 5) is 11.5. The molecule has 1 unspecified atom stereocenters. The smallest absolute Gasteiger partial charge is 0.238 e. The Kier molecular flexibility index (Phi) is 5.98. The van der Waals surface area contributed by atoms with Crippen molar-refractivity contribution >= 4 is 5.91 Å². The Balaban J connectivity index is 4.14. The number of nitrogens with two attached hydrogens (primary N) is 1. The summed E-state index contributed by atoms with van der Waals surface area (Å²) in [6.07, 6.45) is 6.86. The van der Waals surface area contributed by atoms with E-state index < -0.39 is 6.04 Å². The molecule has 0 spiro atoms. The number of hydrogen-bond donors (Lipinski definition) is 2. The van der Waals surface area contributed by atoms with Crippen molar-refractivity contribution in [3.05, 3.63) is 0 Å². The van der Waals surface area contributed by atoms with Gasteiger partial charge < -0.3 is 11.1 Å². The molecule has 0 aliphatic carbocycles. The van der Waals surface area contributed by atoms with Crippen LogP contribution in [0.25, 0.3) is 0 Å². The number of hydrogen-bond acceptors (Lipinski definition) is 2. The molecule has 0 radical (unpaired) electrons. The van der Waals surface area contributed by atoms with Crippen LogP contribution in [0.1, 0.15) is 33.6 Å². The van der Waals surface area contributed by atoms with Gasteiger partial charge in [-0.25, -0.2) is 0 Å². The van der Waals surface area contributed by atoms with E-state index in [-0.39, 0.29) is 17.9 Å². The summed E-state index contributed by atoms with van der Waals surface area (Å²) in [6, 6.07) is -0.653. The van der Waals surface area contributed by atoms with Crippen LogP contribution in [0.5, 0.6) is 0 Å². The van der Waals surface area contributed by atoms with Gasteiger partial charge in [-0.2, -0.15) is 0 Å². The lowest BCUT2D eigenvalue weighted by Gasteiger charge is -2.19. The molecule has 3 nitrogen and oxygen atoms in total. The highest BCUT2D eigenvalue weighted by molar-refractivity contribution is 5.82. The Morgan fingerprint density at radius 3 is 2.43 bits per heavy atom. The minimum atomic E-state index is -0.456. The third kappa shape index (κ3) is 3.80. The summed E-state index contributed by atoms with van der Waals surface area (Å²) in [5.74, 6) is 2.54. The number of terminal acetylenes is 1. The largest absolute Gasteiger partial charge is 0.341 e. The molecule has 0 aromatic rings. The maximum atomic E-state index is 11.5. The molecule has 0 rings (SSSR count). The van der Waals surface area contributed by atoms with Crippen LogP contribution in [0.4, 0.5) is 0 Å². The zero-order chi connectivity index (χ0) is 11.1. The summed E-state index contributed by atoms with van der Waals surface area (Å²) in [7, 11) is 0. The second-order valence-corrected chi connectivity index (χ2v) is 3.55. The Labute approximate surface area is 86.4 Å². The molecule has 0 bridgehead atoms. The van der Waals surface area contributed by atoms with E-state index in [0.717, 1.165) is 12.8 Å². The summed E-state index contributed by atoms with van der Waals surface area (Å²) in [5, 5.41) is 2.73. The van der Waals surface area contributed by atoms with Gasteiger partial charge in [-0.05, 0) is 12.3 Å². The number of nitrogens with one attached hydrogen (secondary N) is 1. The Hall–Kier alpha value is -1.01. The van der Waals surface area contributed by atoms with Crippen LogP contribution in [-0.4, -0.2) is 18.0 Å². The average Bonchev–Trinajstić information content (AvgIpc) is 2.23. The minimum absolute atomic E-state index is 0.149. The fourth-order valence-corrected chi connectivity index (χ4v) is 1.04. The highest BCUT2D eigenvalue weighted by Gasteiger charge is 2.20. The van der Waals surface area contributed by atoms with Crippen LogP contribution in [-0.2, 0) is 4.79 Å². The summed E-state index contributed by atoms with van der Waals surface area (Å²) >= 11 is 0. The molecule has 0 heterocycles. The zero-order valence-electron chi connectivity index (χ0n) is 9.21. The first-order valence-corrected chi connectivity index (χ1v) is 5.08. The molecule has 3 N–H and O–H groups in total. The average molecular weight is 196 g/mol. The molecule has 80 valence electrons. The minimum Gasteiger partial charge on any atom is -0.341 e. The first-order chi connectivity index (χ1) is 6.56. The van der Waals surface area contributed by atoms with Crippen LogP contribution in [0.3, 0.4) is 0 Å². The molecule has 3 atom stereocenters. The standard InChI is InChI=1S/C11H20N2O/c1-5-8(4)10(12)11(14)13-9(6-2)7-3/h2,8-10H,5,7,12H2,1,3-4H3,(H,13,14)/t8-,9?,10-/m0/s1. The third-order valence-corrected chi connectivity index (χ3v) is 2.49. The van der Waals surface area contributed by atoms with Gasteiger partial charge in [0.05, 0.1) is 12.1 Å². The molecule has 0 aliphatic rings. The van der Waals surface area contributed by atoms with Gasteiger partial charge in [0.25, 0.3) is 0 Å². The third-order valence-electron chi connectivity index (χ3n) is 2.49. The van der Waals surface area contributed by atoms with E-state index in [4.69, 9.17) is 12.2 Å². The van der Waals surface area contributed by atoms with Crippen molar-refractivity contribution < 1.29 is 4.79 Å². The van der Waals surface area contributed by atoms with Gasteiger partial charge in [-0.15, -0.1) is 6.42 Å². The molecule has 0 aromatic heterocycles. The lowest BCUT2D eigenvalue weighted by Crippen LogP contribution is -2.47. The van der Waals surface area contributed by atoms with Crippen LogP contribution in [0.2, 0.25) is 0 Å². The van der Waals surface area contributed by atoms with Crippen molar-refractivity contribution in [1.82, 2.24) is 5.32 Å². The van der Waals surface area contributed by atoms with E-state index in [1.807, 2.05) is 20.8 Å².